The number of hydrogen-bond acceptors (Lipinski definition) is 3. The fourth-order valence-corrected chi connectivity index (χ4v) is 2.91. The Morgan fingerprint density at radius 3 is 2.52 bits per heavy atom. The quantitative estimate of drug-likeness (QED) is 0.698. The number of carbonyl (C=O) groups is 1. The molecule has 1 atom stereocenters. The Morgan fingerprint density at radius 1 is 1.24 bits per heavy atom. The van der Waals surface area contributed by atoms with Crippen molar-refractivity contribution in [3.63, 3.8) is 0 Å². The van der Waals surface area contributed by atoms with E-state index in [9.17, 15) is 9.90 Å². The summed E-state index contributed by atoms with van der Waals surface area (Å²) in [6, 6.07) is 12.0. The molecule has 0 heterocycles. The first-order chi connectivity index (χ1) is 11.6. The third kappa shape index (κ3) is 4.57. The highest BCUT2D eigenvalue weighted by Gasteiger charge is 2.31. The summed E-state index contributed by atoms with van der Waals surface area (Å²) in [6.07, 6.45) is -0.967. The molecule has 0 aliphatic rings. The molecule has 0 bridgehead atoms. The molecule has 2 aromatic carbocycles. The first-order valence-corrected chi connectivity index (χ1v) is 8.32. The van der Waals surface area contributed by atoms with E-state index in [1.165, 1.54) is 4.90 Å². The van der Waals surface area contributed by atoms with Gasteiger partial charge in [0.2, 0.25) is 0 Å². The minimum Gasteiger partial charge on any atom is -0.465 e. The Hall–Kier alpha value is -2.40. The Labute approximate surface area is 153 Å². The summed E-state index contributed by atoms with van der Waals surface area (Å²) in [5.41, 5.74) is 6.69. The van der Waals surface area contributed by atoms with Gasteiger partial charge >= 0.3 is 6.09 Å². The first kappa shape index (κ1) is 18.9. The molecule has 6 heteroatoms. The van der Waals surface area contributed by atoms with Crippen LogP contribution in [0.4, 0.5) is 10.5 Å². The van der Waals surface area contributed by atoms with Crippen molar-refractivity contribution in [3.8, 4) is 11.5 Å². The maximum absolute atomic E-state index is 11.7. The van der Waals surface area contributed by atoms with Crippen LogP contribution in [0.15, 0.2) is 42.5 Å². The number of halogens is 1. The van der Waals surface area contributed by atoms with Crippen molar-refractivity contribution >= 4 is 23.4 Å². The number of amides is 1. The van der Waals surface area contributed by atoms with E-state index in [0.717, 1.165) is 5.56 Å². The molecule has 0 saturated heterocycles. The van der Waals surface area contributed by atoms with E-state index in [2.05, 4.69) is 0 Å². The summed E-state index contributed by atoms with van der Waals surface area (Å²) in [7, 11) is 0. The molecule has 0 saturated carbocycles. The van der Waals surface area contributed by atoms with Crippen molar-refractivity contribution in [1.82, 2.24) is 4.90 Å². The summed E-state index contributed by atoms with van der Waals surface area (Å²) in [5.74, 6) is 1.03. The average Bonchev–Trinajstić information content (AvgIpc) is 2.49. The summed E-state index contributed by atoms with van der Waals surface area (Å²) in [4.78, 5) is 13.1. The van der Waals surface area contributed by atoms with Gasteiger partial charge in [0.1, 0.15) is 5.75 Å². The first-order valence-electron chi connectivity index (χ1n) is 7.94. The average molecular weight is 363 g/mol. The molecular formula is C19H23ClN2O3. The number of benzene rings is 2. The lowest BCUT2D eigenvalue weighted by Crippen LogP contribution is -2.46. The number of hydrogen-bond donors (Lipinski definition) is 2. The van der Waals surface area contributed by atoms with Crippen LogP contribution in [-0.4, -0.2) is 21.6 Å². The third-order valence-electron chi connectivity index (χ3n) is 3.86. The Morgan fingerprint density at radius 2 is 1.92 bits per heavy atom. The second-order valence-corrected chi connectivity index (χ2v) is 7.29. The van der Waals surface area contributed by atoms with Crippen molar-refractivity contribution in [2.75, 3.05) is 5.73 Å². The predicted octanol–water partition coefficient (Wildman–Crippen LogP) is 5.55. The number of anilines is 1. The second kappa shape index (κ2) is 7.23. The maximum atomic E-state index is 11.7. The van der Waals surface area contributed by atoms with Gasteiger partial charge in [-0.15, -0.1) is 0 Å². The molecule has 1 amide bonds. The third-order valence-corrected chi connectivity index (χ3v) is 4.10. The van der Waals surface area contributed by atoms with Gasteiger partial charge in [-0.2, -0.15) is 0 Å². The number of carboxylic acid groups (broad SMARTS) is 1. The Balaban J connectivity index is 2.32. The largest absolute Gasteiger partial charge is 0.465 e. The van der Waals surface area contributed by atoms with Crippen molar-refractivity contribution < 1.29 is 14.6 Å². The minimum atomic E-state index is -0.967. The molecule has 3 N–H and O–H groups in total. The molecule has 0 aromatic heterocycles. The predicted molar refractivity (Wildman–Crippen MR) is 100 cm³/mol. The summed E-state index contributed by atoms with van der Waals surface area (Å²) in [6.45, 7) is 7.45. The molecule has 0 aliphatic heterocycles. The van der Waals surface area contributed by atoms with E-state index >= 15 is 0 Å². The van der Waals surface area contributed by atoms with E-state index in [1.54, 1.807) is 24.3 Å². The van der Waals surface area contributed by atoms with Gasteiger partial charge in [0.05, 0.1) is 11.7 Å². The van der Waals surface area contributed by atoms with Gasteiger partial charge in [-0.3, -0.25) is 4.90 Å². The molecule has 0 radical (unpaired) electrons. The molecular weight excluding hydrogens is 340 g/mol. The van der Waals surface area contributed by atoms with Crippen LogP contribution in [0.1, 0.15) is 39.3 Å². The zero-order chi connectivity index (χ0) is 18.8. The van der Waals surface area contributed by atoms with Crippen LogP contribution >= 0.6 is 11.6 Å². The SMILES string of the molecule is C[C@@H](c1cccc(Oc2cc(Cl)ccc2N)c1)N(C(=O)O)C(C)(C)C. The monoisotopic (exact) mass is 362 g/mol. The maximum Gasteiger partial charge on any atom is 0.408 e. The van der Waals surface area contributed by atoms with Crippen LogP contribution < -0.4 is 10.5 Å². The summed E-state index contributed by atoms with van der Waals surface area (Å²) < 4.78 is 5.83. The zero-order valence-electron chi connectivity index (χ0n) is 14.8. The fourth-order valence-electron chi connectivity index (χ4n) is 2.74. The van der Waals surface area contributed by atoms with Gasteiger partial charge in [0.15, 0.2) is 5.75 Å². The van der Waals surface area contributed by atoms with Crippen LogP contribution in [0.3, 0.4) is 0 Å². The molecule has 0 spiro atoms. The molecule has 0 aliphatic carbocycles. The van der Waals surface area contributed by atoms with Gasteiger partial charge in [0, 0.05) is 16.6 Å². The molecule has 0 fully saturated rings. The van der Waals surface area contributed by atoms with Crippen LogP contribution in [-0.2, 0) is 0 Å². The number of nitrogens with two attached hydrogens (primary N) is 1. The topological polar surface area (TPSA) is 75.8 Å². The van der Waals surface area contributed by atoms with E-state index in [0.29, 0.717) is 22.2 Å². The lowest BCUT2D eigenvalue weighted by molar-refractivity contribution is 0.0752. The Kier molecular flexibility index (Phi) is 5.48. The summed E-state index contributed by atoms with van der Waals surface area (Å²) >= 11 is 5.98. The highest BCUT2D eigenvalue weighted by Crippen LogP contribution is 2.33. The lowest BCUT2D eigenvalue weighted by atomic mass is 9.99. The van der Waals surface area contributed by atoms with Crippen molar-refractivity contribution in [2.24, 2.45) is 0 Å². The molecule has 0 unspecified atom stereocenters. The second-order valence-electron chi connectivity index (χ2n) is 6.86. The highest BCUT2D eigenvalue weighted by atomic mass is 35.5. The molecule has 25 heavy (non-hydrogen) atoms. The van der Waals surface area contributed by atoms with Crippen molar-refractivity contribution in [3.05, 3.63) is 53.1 Å². The van der Waals surface area contributed by atoms with Gasteiger partial charge in [-0.1, -0.05) is 23.7 Å². The number of rotatable bonds is 4. The van der Waals surface area contributed by atoms with Crippen molar-refractivity contribution in [1.29, 1.82) is 0 Å². The Bertz CT molecular complexity index is 772. The van der Waals surface area contributed by atoms with E-state index in [1.807, 2.05) is 45.9 Å². The molecule has 2 rings (SSSR count). The van der Waals surface area contributed by atoms with E-state index in [4.69, 9.17) is 22.1 Å². The molecule has 134 valence electrons. The van der Waals surface area contributed by atoms with Gasteiger partial charge in [-0.25, -0.2) is 4.79 Å². The normalized spacial score (nSPS) is 12.5. The van der Waals surface area contributed by atoms with Gasteiger partial charge in [0.25, 0.3) is 0 Å². The van der Waals surface area contributed by atoms with Crippen LogP contribution in [0.5, 0.6) is 11.5 Å². The van der Waals surface area contributed by atoms with E-state index < -0.39 is 11.6 Å². The zero-order valence-corrected chi connectivity index (χ0v) is 15.5. The van der Waals surface area contributed by atoms with Gasteiger partial charge < -0.3 is 15.6 Å². The van der Waals surface area contributed by atoms with Gasteiger partial charge in [-0.05, 0) is 57.5 Å². The number of nitrogens with zero attached hydrogens (tertiary/aromatic N) is 1. The lowest BCUT2D eigenvalue weighted by Gasteiger charge is -2.38. The van der Waals surface area contributed by atoms with Crippen molar-refractivity contribution in [2.45, 2.75) is 39.3 Å². The van der Waals surface area contributed by atoms with Crippen LogP contribution in [0.25, 0.3) is 0 Å². The molecule has 2 aromatic rings. The number of ether oxygens (including phenoxy) is 1. The van der Waals surface area contributed by atoms with Crippen LogP contribution in [0.2, 0.25) is 5.02 Å². The fraction of sp³-hybridized carbons (Fsp3) is 0.316. The number of nitrogen functional groups attached to an aromatic ring is 1. The van der Waals surface area contributed by atoms with Crippen LogP contribution in [0, 0.1) is 0 Å². The van der Waals surface area contributed by atoms with E-state index in [-0.39, 0.29) is 6.04 Å². The smallest absolute Gasteiger partial charge is 0.408 e. The standard InChI is InChI=1S/C19H23ClN2O3/c1-12(22(18(23)24)19(2,3)4)13-6-5-7-15(10-13)25-17-11-14(20)8-9-16(17)21/h5-12H,21H2,1-4H3,(H,23,24)/t12-/m0/s1. The minimum absolute atomic E-state index is 0.335. The molecule has 5 nitrogen and oxygen atoms in total. The highest BCUT2D eigenvalue weighted by molar-refractivity contribution is 6.30. The summed E-state index contributed by atoms with van der Waals surface area (Å²) in [5, 5.41) is 10.1.